The number of hydrogen-bond acceptors (Lipinski definition) is 20. The Hall–Kier alpha value is 0.780. The average Bonchev–Trinajstić information content (AvgIpc) is 1.66. The van der Waals surface area contributed by atoms with Crippen molar-refractivity contribution in [2.75, 3.05) is 0 Å². The molecule has 0 aromatic heterocycles. The molecule has 0 aromatic carbocycles. The van der Waals surface area contributed by atoms with Crippen LogP contribution in [0.5, 0.6) is 0 Å². The van der Waals surface area contributed by atoms with Gasteiger partial charge in [-0.1, -0.05) is 115 Å². The van der Waals surface area contributed by atoms with Crippen molar-refractivity contribution >= 4 is 173 Å². The predicted octanol–water partition coefficient (Wildman–Crippen LogP) is 11.1. The fraction of sp³-hybridized carbons (Fsp3) is 0.754. The zero-order chi connectivity index (χ0) is 72.6. The van der Waals surface area contributed by atoms with Gasteiger partial charge in [-0.15, -0.1) is 72.9 Å². The molecule has 10 fully saturated rings. The zero-order valence-electron chi connectivity index (χ0n) is 59.6. The Labute approximate surface area is 638 Å². The Balaban J connectivity index is 0.00000127. The number of aliphatic hydroxyl groups excluding tert-OH is 3. The first kappa shape index (κ1) is 94.2. The van der Waals surface area contributed by atoms with Gasteiger partial charge in [0.15, 0.2) is 5.78 Å². The van der Waals surface area contributed by atoms with E-state index in [2.05, 4.69) is 118 Å². The van der Waals surface area contributed by atoms with E-state index < -0.39 is 18.3 Å². The molecule has 12 unspecified atom stereocenters. The maximum Gasteiger partial charge on any atom is 0.336 e. The third-order valence-corrected chi connectivity index (χ3v) is 21.9. The molecule has 5 saturated heterocycles. The molecule has 10 aliphatic rings. The molecule has 36 atom stereocenters. The molecule has 20 nitrogen and oxygen atoms in total. The molecule has 5 heterocycles. The van der Waals surface area contributed by atoms with Crippen LogP contribution in [0.25, 0.3) is 0 Å². The zero-order valence-corrected chi connectivity index (χ0v) is 73.9. The fourth-order valence-electron chi connectivity index (χ4n) is 15.6. The van der Waals surface area contributed by atoms with E-state index in [1.165, 1.54) is 0 Å². The minimum absolute atomic E-state index is 0. The molecular formula is C65H126B4O20P12. The highest BCUT2D eigenvalue weighted by molar-refractivity contribution is 7.93. The van der Waals surface area contributed by atoms with Crippen molar-refractivity contribution < 1.29 is 101 Å². The van der Waals surface area contributed by atoms with Crippen molar-refractivity contribution in [1.82, 2.24) is 0 Å². The van der Waals surface area contributed by atoms with Crippen molar-refractivity contribution in [3.63, 3.8) is 0 Å². The van der Waals surface area contributed by atoms with Crippen LogP contribution in [0, 0.1) is 59.2 Å². The molecule has 0 amide bonds. The molecule has 0 radical (unpaired) electrons. The van der Waals surface area contributed by atoms with Crippen LogP contribution in [0.15, 0.2) is 60.8 Å². The summed E-state index contributed by atoms with van der Waals surface area (Å²) in [6.07, 6.45) is 33.1. The van der Waals surface area contributed by atoms with Crippen LogP contribution in [0.3, 0.4) is 0 Å². The first-order valence-electron chi connectivity index (χ1n) is 35.6. The van der Waals surface area contributed by atoms with E-state index in [9.17, 15) is 44.1 Å². The van der Waals surface area contributed by atoms with Crippen molar-refractivity contribution in [1.29, 1.82) is 0 Å². The van der Waals surface area contributed by atoms with Crippen molar-refractivity contribution in [3.8, 4) is 0 Å². The predicted molar refractivity (Wildman–Crippen MR) is 454 cm³/mol. The number of aliphatic hydroxyl groups is 3. The molecule has 5 aliphatic heterocycles. The normalized spacial score (nSPS) is 33.5. The van der Waals surface area contributed by atoms with Crippen LogP contribution in [-0.4, -0.2) is 162 Å². The summed E-state index contributed by atoms with van der Waals surface area (Å²) in [5, 5.41) is 29.7. The molecule has 10 rings (SSSR count). The van der Waals surface area contributed by atoms with E-state index in [4.69, 9.17) is 51.3 Å². The van der Waals surface area contributed by atoms with E-state index in [0.717, 1.165) is 77.0 Å². The van der Waals surface area contributed by atoms with E-state index >= 15 is 0 Å². The van der Waals surface area contributed by atoms with Gasteiger partial charge in [-0.05, 0) is 38.2 Å². The molecule has 36 heteroatoms. The van der Waals surface area contributed by atoms with Crippen LogP contribution in [0.4, 0.5) is 0 Å². The minimum atomic E-state index is -0.416. The summed E-state index contributed by atoms with van der Waals surface area (Å²) in [5.74, 6) is 1.03. The van der Waals surface area contributed by atoms with Gasteiger partial charge in [0.2, 0.25) is 0 Å². The Kier molecular flexibility index (Phi) is 45.2. The van der Waals surface area contributed by atoms with E-state index in [0.29, 0.717) is 51.4 Å². The highest BCUT2D eigenvalue weighted by Gasteiger charge is 2.54. The summed E-state index contributed by atoms with van der Waals surface area (Å²) in [7, 11) is 25.4. The molecular weight excluding hydrogens is 1520 g/mol. The number of rotatable bonds is 30. The van der Waals surface area contributed by atoms with Crippen LogP contribution < -0.4 is 0 Å². The van der Waals surface area contributed by atoms with Gasteiger partial charge < -0.3 is 66.7 Å². The van der Waals surface area contributed by atoms with Crippen molar-refractivity contribution in [3.05, 3.63) is 60.8 Å². The van der Waals surface area contributed by atoms with Crippen LogP contribution >= 0.6 is 112 Å². The van der Waals surface area contributed by atoms with Gasteiger partial charge in [0, 0.05) is 122 Å². The van der Waals surface area contributed by atoms with Gasteiger partial charge in [-0.25, -0.2) is 0 Å². The minimum Gasteiger partial charge on any atom is -0.462 e. The summed E-state index contributed by atoms with van der Waals surface area (Å²) < 4.78 is 60.9. The second kappa shape index (κ2) is 48.5. The van der Waals surface area contributed by atoms with Crippen LogP contribution in [-0.2, 0) is 80.1 Å². The van der Waals surface area contributed by atoms with Crippen LogP contribution in [0.1, 0.15) is 169 Å². The monoisotopic (exact) mass is 1650 g/mol. The molecule has 578 valence electrons. The summed E-state index contributed by atoms with van der Waals surface area (Å²) in [6, 6.07) is 0. The van der Waals surface area contributed by atoms with Gasteiger partial charge in [0.25, 0.3) is 0 Å². The molecule has 5 saturated carbocycles. The summed E-state index contributed by atoms with van der Waals surface area (Å²) in [5.41, 5.74) is 0. The Bertz CT molecular complexity index is 2670. The van der Waals surface area contributed by atoms with E-state index in [1.807, 2.05) is 63.3 Å². The van der Waals surface area contributed by atoms with Gasteiger partial charge in [-0.3, -0.25) is 28.8 Å². The first-order valence-corrected chi connectivity index (χ1v) is 41.8. The second-order valence-electron chi connectivity index (χ2n) is 27.4. The lowest BCUT2D eigenvalue weighted by Gasteiger charge is -2.22. The van der Waals surface area contributed by atoms with Crippen LogP contribution in [0.2, 0.25) is 0 Å². The number of esters is 5. The molecule has 0 bridgehead atoms. The lowest BCUT2D eigenvalue weighted by Crippen LogP contribution is -2.24. The lowest BCUT2D eigenvalue weighted by atomic mass is 9.91. The summed E-state index contributed by atoms with van der Waals surface area (Å²) in [6.45, 7) is 10.3. The first-order chi connectivity index (χ1) is 47.2. The Morgan fingerprint density at radius 2 is 0.703 bits per heavy atom. The molecule has 0 aromatic rings. The highest BCUT2D eigenvalue weighted by atomic mass is 31.1. The number of carbonyl (C=O) groups is 6. The molecule has 0 spiro atoms. The number of ether oxygens (including phenoxy) is 5. The maximum absolute atomic E-state index is 11.7. The standard InChI is InChI=1S/C13H24BO4P3.2C13H23BO4P2.C13H21BO4P2.C13H21O4P.2H3P.4H2/c1-2-3-8(18-21)4-5-9-10-6-13(15)16-11(10)7-12(9)17-14(19)20;3*1-2-3-8(15)4-5-9-10-6-13(16)17-11(10)7-12(9)18-14(19)20;1-2-3-8(17-18)4-5-9-10-6-13(15)16-12(10)7-11(9)14;;;;;;/h4-5,8-12H,2-3,6-7,19-21H2,1H3;2*4-5,8-12,15H,2-3,6-7,19-20H2,1H3;4-5,9-12H,2-3,6-7,19-20H2,1H3;4-5,8-12,14H,2-3,6-7,18H2,1H3;2*1H3;4*1H/b5*5-4+;;;;;;/t2*8-,9+,10+,11-,12+;8-,9-,10-,11+,12-;9-,10-,11+,12-;8-,9-,10-,11-,12+;;;;;;/m00111....../s1/i;;;;;;;4*1+2. The molecule has 101 heavy (non-hydrogen) atoms. The number of fused-ring (bicyclic) bond motifs is 5. The second-order valence-corrected chi connectivity index (χ2v) is 36.3. The quantitative estimate of drug-likeness (QED) is 0.0151. The van der Waals surface area contributed by atoms with Crippen molar-refractivity contribution in [2.45, 2.75) is 248 Å². The number of carbonyl (C=O) groups excluding carboxylic acids is 6. The third kappa shape index (κ3) is 30.1. The fourth-order valence-corrected chi connectivity index (χ4v) is 17.6. The summed E-state index contributed by atoms with van der Waals surface area (Å²) >= 11 is 0. The van der Waals surface area contributed by atoms with Gasteiger partial charge in [-0.2, -0.15) is 19.8 Å². The number of ketones is 1. The topological polar surface area (TPSA) is 265 Å². The largest absolute Gasteiger partial charge is 0.462 e. The highest BCUT2D eigenvalue weighted by Crippen LogP contribution is 2.49. The van der Waals surface area contributed by atoms with E-state index in [1.54, 1.807) is 6.08 Å². The average molecular weight is 1650 g/mol. The number of allylic oxidation sites excluding steroid dienone is 1. The molecule has 3 N–H and O–H groups in total. The smallest absolute Gasteiger partial charge is 0.336 e. The third-order valence-electron chi connectivity index (χ3n) is 20.0. The summed E-state index contributed by atoms with van der Waals surface area (Å²) in [4.78, 5) is 68.7. The maximum atomic E-state index is 11.7. The van der Waals surface area contributed by atoms with E-state index in [-0.39, 0.29) is 213 Å². The SMILES string of the molecule is CCCC(=O)/C=C/[C@@H]1[C@H]2CC(=O)O[C@H]2C[C@H]1OB(P)P.CCC[C@@H](/C=C/[C@@H]1[C@H]2CC(=O)O[C@H]2C[C@H]1OB(P)P)OP.CCC[C@@H](O)/C=C/[C@@H]1[C@H]2CC(=O)O[C@H]2C[C@H]1OB(P)P.CCC[C@H](/C=C/[C@@H]1[C@H]2CC(=O)O[C@H]2C[C@H]1O)OP.CCC[C@H](O)/C=C/[C@@H]1[C@H]2CC(=O)O[C@H]2C[C@H]1OB(P)P.P.P.[3HH].[3HH].[3HH].[3HH]. The number of hydrogen-bond donors (Lipinski definition) is 3. The van der Waals surface area contributed by atoms with Gasteiger partial charge in [0.1, 0.15) is 30.5 Å². The van der Waals surface area contributed by atoms with Crippen molar-refractivity contribution in [2.24, 2.45) is 59.2 Å². The molecule has 5 aliphatic carbocycles. The Morgan fingerprint density at radius 1 is 0.436 bits per heavy atom. The Morgan fingerprint density at radius 3 is 0.980 bits per heavy atom. The lowest BCUT2D eigenvalue weighted by molar-refractivity contribution is -0.142. The van der Waals surface area contributed by atoms with Gasteiger partial charge in [0.05, 0.1) is 87.0 Å². The van der Waals surface area contributed by atoms with Gasteiger partial charge >= 0.3 is 55.3 Å².